The van der Waals surface area contributed by atoms with Crippen molar-refractivity contribution in [2.45, 2.75) is 0 Å². The topological polar surface area (TPSA) is 72.0 Å². The Morgan fingerprint density at radius 3 is 2.80 bits per heavy atom. The van der Waals surface area contributed by atoms with Crippen LogP contribution in [0.15, 0.2) is 45.5 Å². The SMILES string of the molecule is Oc1ccc(Cl)cc1-c1nc(-c2ccc(Br)cn2)no1. The second-order valence-electron chi connectivity index (χ2n) is 3.95. The van der Waals surface area contributed by atoms with E-state index in [9.17, 15) is 5.11 Å². The van der Waals surface area contributed by atoms with Gasteiger partial charge in [-0.15, -0.1) is 0 Å². The lowest BCUT2D eigenvalue weighted by Gasteiger charge is -1.98. The number of hydrogen-bond acceptors (Lipinski definition) is 5. The molecule has 3 aromatic rings. The van der Waals surface area contributed by atoms with Gasteiger partial charge in [-0.25, -0.2) is 0 Å². The molecule has 20 heavy (non-hydrogen) atoms. The normalized spacial score (nSPS) is 10.7. The first kappa shape index (κ1) is 13.1. The van der Waals surface area contributed by atoms with Crippen molar-refractivity contribution in [2.24, 2.45) is 0 Å². The van der Waals surface area contributed by atoms with Gasteiger partial charge in [-0.3, -0.25) is 4.98 Å². The van der Waals surface area contributed by atoms with Gasteiger partial charge in [0, 0.05) is 15.7 Å². The molecule has 1 aromatic carbocycles. The first-order valence-electron chi connectivity index (χ1n) is 5.58. The zero-order valence-corrected chi connectivity index (χ0v) is 12.3. The average Bonchev–Trinajstić information content (AvgIpc) is 2.92. The van der Waals surface area contributed by atoms with Crippen LogP contribution in [-0.4, -0.2) is 20.2 Å². The maximum atomic E-state index is 9.80. The van der Waals surface area contributed by atoms with E-state index in [4.69, 9.17) is 16.1 Å². The predicted octanol–water partition coefficient (Wildman–Crippen LogP) is 3.92. The monoisotopic (exact) mass is 351 g/mol. The van der Waals surface area contributed by atoms with Gasteiger partial charge in [0.15, 0.2) is 0 Å². The zero-order valence-electron chi connectivity index (χ0n) is 9.92. The molecule has 2 heterocycles. The Labute approximate surface area is 127 Å². The molecule has 0 spiro atoms. The second-order valence-corrected chi connectivity index (χ2v) is 5.30. The molecule has 0 radical (unpaired) electrons. The van der Waals surface area contributed by atoms with E-state index in [0.717, 1.165) is 4.47 Å². The quantitative estimate of drug-likeness (QED) is 0.757. The third-order valence-corrected chi connectivity index (χ3v) is 3.28. The van der Waals surface area contributed by atoms with Crippen LogP contribution < -0.4 is 0 Å². The van der Waals surface area contributed by atoms with Crippen LogP contribution in [0.3, 0.4) is 0 Å². The minimum Gasteiger partial charge on any atom is -0.507 e. The van der Waals surface area contributed by atoms with Crippen LogP contribution in [0.2, 0.25) is 5.02 Å². The highest BCUT2D eigenvalue weighted by atomic mass is 79.9. The minimum atomic E-state index is 0.0216. The van der Waals surface area contributed by atoms with Gasteiger partial charge in [-0.1, -0.05) is 16.8 Å². The van der Waals surface area contributed by atoms with Crippen molar-refractivity contribution in [3.63, 3.8) is 0 Å². The summed E-state index contributed by atoms with van der Waals surface area (Å²) >= 11 is 9.19. The minimum absolute atomic E-state index is 0.0216. The summed E-state index contributed by atoms with van der Waals surface area (Å²) in [4.78, 5) is 8.38. The smallest absolute Gasteiger partial charge is 0.262 e. The van der Waals surface area contributed by atoms with Gasteiger partial charge >= 0.3 is 0 Å². The fourth-order valence-electron chi connectivity index (χ4n) is 1.62. The number of rotatable bonds is 2. The fraction of sp³-hybridized carbons (Fsp3) is 0. The summed E-state index contributed by atoms with van der Waals surface area (Å²) in [6.07, 6.45) is 1.64. The molecule has 1 N–H and O–H groups in total. The molecule has 0 aliphatic carbocycles. The molecule has 3 rings (SSSR count). The summed E-state index contributed by atoms with van der Waals surface area (Å²) in [5.41, 5.74) is 0.957. The molecular weight excluding hydrogens is 346 g/mol. The standard InChI is InChI=1S/C13H7BrClN3O2/c14-7-1-3-10(16-6-7)12-17-13(20-18-12)9-5-8(15)2-4-11(9)19/h1-6,19H. The first-order chi connectivity index (χ1) is 9.63. The highest BCUT2D eigenvalue weighted by Crippen LogP contribution is 2.31. The Balaban J connectivity index is 2.01. The van der Waals surface area contributed by atoms with Crippen LogP contribution in [0.4, 0.5) is 0 Å². The number of benzene rings is 1. The van der Waals surface area contributed by atoms with Crippen molar-refractivity contribution < 1.29 is 9.63 Å². The lowest BCUT2D eigenvalue weighted by Crippen LogP contribution is -1.85. The first-order valence-corrected chi connectivity index (χ1v) is 6.75. The zero-order chi connectivity index (χ0) is 14.1. The third kappa shape index (κ3) is 2.52. The molecule has 100 valence electrons. The number of hydrogen-bond donors (Lipinski definition) is 1. The highest BCUT2D eigenvalue weighted by Gasteiger charge is 2.15. The Morgan fingerprint density at radius 1 is 1.20 bits per heavy atom. The number of phenolic OH excluding ortho intramolecular Hbond substituents is 1. The van der Waals surface area contributed by atoms with Crippen molar-refractivity contribution in [2.75, 3.05) is 0 Å². The van der Waals surface area contributed by atoms with Crippen molar-refractivity contribution >= 4 is 27.5 Å². The number of aromatic hydroxyl groups is 1. The number of pyridine rings is 1. The molecule has 0 fully saturated rings. The lowest BCUT2D eigenvalue weighted by atomic mass is 10.2. The van der Waals surface area contributed by atoms with Crippen molar-refractivity contribution in [1.29, 1.82) is 0 Å². The fourth-order valence-corrected chi connectivity index (χ4v) is 2.03. The molecule has 0 aliphatic rings. The maximum absolute atomic E-state index is 9.80. The Bertz CT molecular complexity index is 759. The Morgan fingerprint density at radius 2 is 2.05 bits per heavy atom. The molecule has 0 aliphatic heterocycles. The molecule has 0 amide bonds. The summed E-state index contributed by atoms with van der Waals surface area (Å²) in [7, 11) is 0. The van der Waals surface area contributed by atoms with Gasteiger partial charge in [-0.05, 0) is 46.3 Å². The van der Waals surface area contributed by atoms with Gasteiger partial charge in [0.25, 0.3) is 5.89 Å². The van der Waals surface area contributed by atoms with E-state index >= 15 is 0 Å². The summed E-state index contributed by atoms with van der Waals surface area (Å²) in [6, 6.07) is 8.20. The summed E-state index contributed by atoms with van der Waals surface area (Å²) in [6.45, 7) is 0. The predicted molar refractivity (Wildman–Crippen MR) is 77.3 cm³/mol. The van der Waals surface area contributed by atoms with Gasteiger partial charge in [0.2, 0.25) is 5.82 Å². The van der Waals surface area contributed by atoms with E-state index in [1.807, 2.05) is 6.07 Å². The van der Waals surface area contributed by atoms with Gasteiger partial charge in [0.1, 0.15) is 11.4 Å². The molecule has 0 atom stereocenters. The van der Waals surface area contributed by atoms with E-state index in [0.29, 0.717) is 22.1 Å². The third-order valence-electron chi connectivity index (χ3n) is 2.57. The van der Waals surface area contributed by atoms with Gasteiger partial charge < -0.3 is 9.63 Å². The summed E-state index contributed by atoms with van der Waals surface area (Å²) in [5, 5.41) is 14.1. The summed E-state index contributed by atoms with van der Waals surface area (Å²) < 4.78 is 6.00. The summed E-state index contributed by atoms with van der Waals surface area (Å²) in [5.74, 6) is 0.546. The van der Waals surface area contributed by atoms with Crippen molar-refractivity contribution in [3.05, 3.63) is 46.0 Å². The van der Waals surface area contributed by atoms with E-state index in [1.54, 1.807) is 24.4 Å². The van der Waals surface area contributed by atoms with Crippen LogP contribution in [0.5, 0.6) is 5.75 Å². The number of aromatic nitrogens is 3. The van der Waals surface area contributed by atoms with E-state index in [-0.39, 0.29) is 11.6 Å². The van der Waals surface area contributed by atoms with Crippen LogP contribution in [0, 0.1) is 0 Å². The average molecular weight is 353 g/mol. The molecule has 5 nitrogen and oxygen atoms in total. The van der Waals surface area contributed by atoms with Crippen LogP contribution in [-0.2, 0) is 0 Å². The van der Waals surface area contributed by atoms with E-state index in [1.165, 1.54) is 6.07 Å². The van der Waals surface area contributed by atoms with E-state index < -0.39 is 0 Å². The molecule has 2 aromatic heterocycles. The number of nitrogens with zero attached hydrogens (tertiary/aromatic N) is 3. The molecule has 0 unspecified atom stereocenters. The molecule has 0 bridgehead atoms. The maximum Gasteiger partial charge on any atom is 0.262 e. The molecule has 7 heteroatoms. The van der Waals surface area contributed by atoms with Crippen LogP contribution >= 0.6 is 27.5 Å². The largest absolute Gasteiger partial charge is 0.507 e. The Kier molecular flexibility index (Phi) is 3.42. The van der Waals surface area contributed by atoms with Crippen LogP contribution in [0.25, 0.3) is 23.0 Å². The van der Waals surface area contributed by atoms with E-state index in [2.05, 4.69) is 31.1 Å². The Hall–Kier alpha value is -1.92. The van der Waals surface area contributed by atoms with Crippen LogP contribution in [0.1, 0.15) is 0 Å². The highest BCUT2D eigenvalue weighted by molar-refractivity contribution is 9.10. The van der Waals surface area contributed by atoms with Crippen molar-refractivity contribution in [1.82, 2.24) is 15.1 Å². The second kappa shape index (κ2) is 5.22. The van der Waals surface area contributed by atoms with Gasteiger partial charge in [0.05, 0.1) is 5.56 Å². The number of halogens is 2. The van der Waals surface area contributed by atoms with Gasteiger partial charge in [-0.2, -0.15) is 4.98 Å². The number of phenols is 1. The van der Waals surface area contributed by atoms with Crippen molar-refractivity contribution in [3.8, 4) is 28.7 Å². The molecule has 0 saturated carbocycles. The molecular formula is C13H7BrClN3O2. The molecule has 0 saturated heterocycles. The lowest BCUT2D eigenvalue weighted by molar-refractivity contribution is 0.425.